The van der Waals surface area contributed by atoms with Crippen LogP contribution in [0, 0.1) is 5.92 Å². The summed E-state index contributed by atoms with van der Waals surface area (Å²) in [5.41, 5.74) is 0.107. The third-order valence-corrected chi connectivity index (χ3v) is 4.30. The molecule has 1 saturated heterocycles. The highest BCUT2D eigenvalue weighted by atomic mass is 32.3. The Morgan fingerprint density at radius 2 is 2.04 bits per heavy atom. The van der Waals surface area contributed by atoms with Crippen LogP contribution in [-0.2, 0) is 19.8 Å². The molecule has 2 rings (SSSR count). The molecule has 1 aliphatic heterocycles. The maximum absolute atomic E-state index is 12.8. The average Bonchev–Trinajstić information content (AvgIpc) is 2.75. The van der Waals surface area contributed by atoms with Crippen LogP contribution in [0.1, 0.15) is 37.6 Å². The molecular formula is C16H20FNO5S. The first-order chi connectivity index (χ1) is 10.9. The van der Waals surface area contributed by atoms with E-state index in [2.05, 4.69) is 0 Å². The maximum atomic E-state index is 12.8. The Hall–Kier alpha value is -1.96. The molecule has 1 heterocycles. The molecule has 0 saturated carbocycles. The molecule has 1 unspecified atom stereocenters. The Bertz CT molecular complexity index is 754. The van der Waals surface area contributed by atoms with Crippen molar-refractivity contribution in [3.05, 3.63) is 29.8 Å². The van der Waals surface area contributed by atoms with Gasteiger partial charge in [-0.05, 0) is 39.0 Å². The highest BCUT2D eigenvalue weighted by Gasteiger charge is 2.34. The van der Waals surface area contributed by atoms with Crippen LogP contribution in [0.3, 0.4) is 0 Å². The second kappa shape index (κ2) is 6.51. The van der Waals surface area contributed by atoms with Gasteiger partial charge in [-0.3, -0.25) is 4.79 Å². The van der Waals surface area contributed by atoms with Crippen LogP contribution in [0.25, 0.3) is 0 Å². The number of benzene rings is 1. The molecule has 0 aromatic heterocycles. The van der Waals surface area contributed by atoms with E-state index in [1.54, 1.807) is 39.0 Å². The number of hydrogen-bond donors (Lipinski definition) is 0. The van der Waals surface area contributed by atoms with Crippen molar-refractivity contribution in [2.75, 3.05) is 17.2 Å². The number of anilines is 1. The van der Waals surface area contributed by atoms with Crippen molar-refractivity contribution in [3.63, 3.8) is 0 Å². The van der Waals surface area contributed by atoms with Crippen LogP contribution < -0.4 is 4.90 Å². The lowest BCUT2D eigenvalue weighted by molar-refractivity contribution is -0.117. The molecule has 1 amide bonds. The van der Waals surface area contributed by atoms with Gasteiger partial charge in [0.25, 0.3) is 0 Å². The fourth-order valence-electron chi connectivity index (χ4n) is 2.56. The van der Waals surface area contributed by atoms with Gasteiger partial charge in [-0.25, -0.2) is 4.79 Å². The fourth-order valence-corrected chi connectivity index (χ4v) is 3.35. The monoisotopic (exact) mass is 357 g/mol. The minimum absolute atomic E-state index is 0.0419. The topological polar surface area (TPSA) is 80.8 Å². The van der Waals surface area contributed by atoms with Gasteiger partial charge in [0.15, 0.2) is 0 Å². The molecule has 0 spiro atoms. The maximum Gasteiger partial charge on any atom is 0.338 e. The van der Waals surface area contributed by atoms with Crippen molar-refractivity contribution in [2.24, 2.45) is 5.92 Å². The van der Waals surface area contributed by atoms with E-state index in [1.165, 1.54) is 11.0 Å². The summed E-state index contributed by atoms with van der Waals surface area (Å²) in [7, 11) is -4.63. The number of ether oxygens (including phenoxy) is 1. The van der Waals surface area contributed by atoms with Crippen molar-refractivity contribution >= 4 is 27.8 Å². The first kappa shape index (κ1) is 18.4. The highest BCUT2D eigenvalue weighted by molar-refractivity contribution is 7.86. The zero-order valence-corrected chi connectivity index (χ0v) is 14.6. The molecule has 0 radical (unpaired) electrons. The normalized spacial score (nSPS) is 18.8. The average molecular weight is 357 g/mol. The van der Waals surface area contributed by atoms with Crippen LogP contribution >= 0.6 is 0 Å². The van der Waals surface area contributed by atoms with Crippen molar-refractivity contribution < 1.29 is 26.6 Å². The van der Waals surface area contributed by atoms with Crippen LogP contribution in [-0.4, -0.2) is 38.2 Å². The van der Waals surface area contributed by atoms with Crippen LogP contribution in [0.4, 0.5) is 9.57 Å². The predicted molar refractivity (Wildman–Crippen MR) is 87.0 cm³/mol. The molecule has 132 valence electrons. The molecule has 0 aliphatic carbocycles. The lowest BCUT2D eigenvalue weighted by Crippen LogP contribution is -2.26. The lowest BCUT2D eigenvalue weighted by atomic mass is 10.1. The molecule has 1 aromatic carbocycles. The van der Waals surface area contributed by atoms with Gasteiger partial charge in [0.2, 0.25) is 5.91 Å². The van der Waals surface area contributed by atoms with Crippen LogP contribution in [0.5, 0.6) is 0 Å². The van der Waals surface area contributed by atoms with Crippen molar-refractivity contribution in [2.45, 2.75) is 32.8 Å². The van der Waals surface area contributed by atoms with E-state index in [-0.39, 0.29) is 24.4 Å². The Balaban J connectivity index is 2.17. The van der Waals surface area contributed by atoms with E-state index in [9.17, 15) is 21.9 Å². The number of esters is 1. The van der Waals surface area contributed by atoms with Crippen LogP contribution in [0.2, 0.25) is 0 Å². The van der Waals surface area contributed by atoms with Gasteiger partial charge in [0, 0.05) is 24.6 Å². The summed E-state index contributed by atoms with van der Waals surface area (Å²) in [4.78, 5) is 25.5. The minimum atomic E-state index is -4.63. The third kappa shape index (κ3) is 5.02. The van der Waals surface area contributed by atoms with E-state index >= 15 is 0 Å². The van der Waals surface area contributed by atoms with E-state index in [1.807, 2.05) is 0 Å². The molecule has 1 fully saturated rings. The molecule has 8 heteroatoms. The molecule has 0 N–H and O–H groups in total. The lowest BCUT2D eigenvalue weighted by Gasteiger charge is -2.21. The third-order valence-electron chi connectivity index (χ3n) is 3.43. The molecular weight excluding hydrogens is 337 g/mol. The summed E-state index contributed by atoms with van der Waals surface area (Å²) in [6.45, 7) is 5.35. The summed E-state index contributed by atoms with van der Waals surface area (Å²) in [5.74, 6) is -2.09. The van der Waals surface area contributed by atoms with Crippen molar-refractivity contribution in [1.29, 1.82) is 0 Å². The van der Waals surface area contributed by atoms with Gasteiger partial charge in [-0.15, -0.1) is 3.89 Å². The quantitative estimate of drug-likeness (QED) is 0.610. The Labute approximate surface area is 140 Å². The standard InChI is InChI=1S/C16H20FNO5S/c1-16(2,3)23-15(20)12-5-4-6-13(8-12)18-9-11(7-14(18)19)10-24(17,21)22/h4-6,8,11H,7,9-10H2,1-3H3. The zero-order chi connectivity index (χ0) is 18.1. The first-order valence-electron chi connectivity index (χ1n) is 7.51. The summed E-state index contributed by atoms with van der Waals surface area (Å²) < 4.78 is 39.6. The van der Waals surface area contributed by atoms with E-state index in [0.717, 1.165) is 0 Å². The largest absolute Gasteiger partial charge is 0.456 e. The van der Waals surface area contributed by atoms with Gasteiger partial charge < -0.3 is 9.64 Å². The van der Waals surface area contributed by atoms with Gasteiger partial charge in [-0.1, -0.05) is 6.07 Å². The summed E-state index contributed by atoms with van der Waals surface area (Å²) in [5, 5.41) is 0. The molecule has 0 bridgehead atoms. The Morgan fingerprint density at radius 3 is 2.62 bits per heavy atom. The Kier molecular flexibility index (Phi) is 4.98. The van der Waals surface area contributed by atoms with E-state index < -0.39 is 33.5 Å². The number of amides is 1. The molecule has 1 aromatic rings. The highest BCUT2D eigenvalue weighted by Crippen LogP contribution is 2.27. The Morgan fingerprint density at radius 1 is 1.38 bits per heavy atom. The van der Waals surface area contributed by atoms with Crippen molar-refractivity contribution in [3.8, 4) is 0 Å². The fraction of sp³-hybridized carbons (Fsp3) is 0.500. The molecule has 6 nitrogen and oxygen atoms in total. The number of halogens is 1. The van der Waals surface area contributed by atoms with E-state index in [4.69, 9.17) is 4.74 Å². The number of rotatable bonds is 4. The zero-order valence-electron chi connectivity index (χ0n) is 13.8. The number of carbonyl (C=O) groups excluding carboxylic acids is 2. The van der Waals surface area contributed by atoms with Gasteiger partial charge in [0.1, 0.15) is 5.60 Å². The summed E-state index contributed by atoms with van der Waals surface area (Å²) in [6.07, 6.45) is -0.0419. The number of nitrogens with zero attached hydrogens (tertiary/aromatic N) is 1. The molecule has 1 atom stereocenters. The second-order valence-corrected chi connectivity index (χ2v) is 8.24. The SMILES string of the molecule is CC(C)(C)OC(=O)c1cccc(N2CC(CS(=O)(=O)F)CC2=O)c1. The summed E-state index contributed by atoms with van der Waals surface area (Å²) in [6, 6.07) is 6.33. The minimum Gasteiger partial charge on any atom is -0.456 e. The van der Waals surface area contributed by atoms with Crippen LogP contribution in [0.15, 0.2) is 24.3 Å². The molecule has 24 heavy (non-hydrogen) atoms. The number of hydrogen-bond acceptors (Lipinski definition) is 5. The van der Waals surface area contributed by atoms with Gasteiger partial charge in [0.05, 0.1) is 11.3 Å². The van der Waals surface area contributed by atoms with Gasteiger partial charge in [-0.2, -0.15) is 8.42 Å². The predicted octanol–water partition coefficient (Wildman–Crippen LogP) is 2.29. The summed E-state index contributed by atoms with van der Waals surface area (Å²) >= 11 is 0. The number of carbonyl (C=O) groups is 2. The second-order valence-electron chi connectivity index (χ2n) is 6.83. The first-order valence-corrected chi connectivity index (χ1v) is 9.06. The van der Waals surface area contributed by atoms with E-state index in [0.29, 0.717) is 5.69 Å². The molecule has 1 aliphatic rings. The smallest absolute Gasteiger partial charge is 0.338 e. The van der Waals surface area contributed by atoms with Gasteiger partial charge >= 0.3 is 16.2 Å². The van der Waals surface area contributed by atoms with Crippen molar-refractivity contribution in [1.82, 2.24) is 0 Å².